The average molecular weight is 511 g/mol. The van der Waals surface area contributed by atoms with Crippen molar-refractivity contribution in [3.05, 3.63) is 35.9 Å². The number of benzene rings is 1. The molecule has 10 heteroatoms. The van der Waals surface area contributed by atoms with Gasteiger partial charge in [0, 0.05) is 25.4 Å². The topological polar surface area (TPSA) is 145 Å². The monoisotopic (exact) mass is 510 g/mol. The Labute approximate surface area is 215 Å². The lowest BCUT2D eigenvalue weighted by Crippen LogP contribution is -2.59. The smallest absolute Gasteiger partial charge is 0.253 e. The highest BCUT2D eigenvalue weighted by atomic mass is 16.3. The van der Waals surface area contributed by atoms with E-state index in [1.54, 1.807) is 4.90 Å². The standard InChI is InChI=1S/C27H34N4O6/c32-15-21(33)20(13-16-10-12-28-24(16)35)29-25(36)23-19-8-4-5-17(19)14-31(23)26(37)27(11-9-22(34)30-27)18-6-2-1-3-7-18/h1-3,6-7,16-17,19-20,23,32H,4-5,8-15H2,(H,28,35)(H,29,36)(H,30,34)/t16-,17-,19-,20+,23+,27+/m0/s1. The molecule has 4 amide bonds. The van der Waals surface area contributed by atoms with E-state index in [1.807, 2.05) is 30.3 Å². The number of aliphatic hydroxyl groups excluding tert-OH is 1. The van der Waals surface area contributed by atoms with Crippen LogP contribution in [0, 0.1) is 17.8 Å². The number of rotatable bonds is 8. The van der Waals surface area contributed by atoms with E-state index in [-0.39, 0.29) is 42.4 Å². The summed E-state index contributed by atoms with van der Waals surface area (Å²) in [6, 6.07) is 7.32. The van der Waals surface area contributed by atoms with Gasteiger partial charge in [0.25, 0.3) is 5.91 Å². The van der Waals surface area contributed by atoms with E-state index in [0.29, 0.717) is 31.5 Å². The van der Waals surface area contributed by atoms with E-state index in [0.717, 1.165) is 19.3 Å². The first-order chi connectivity index (χ1) is 17.8. The maximum Gasteiger partial charge on any atom is 0.253 e. The summed E-state index contributed by atoms with van der Waals surface area (Å²) in [7, 11) is 0. The molecule has 4 N–H and O–H groups in total. The molecule has 0 spiro atoms. The number of amides is 4. The van der Waals surface area contributed by atoms with Crippen LogP contribution in [0.4, 0.5) is 0 Å². The number of likely N-dealkylation sites (tertiary alicyclic amines) is 1. The van der Waals surface area contributed by atoms with E-state index in [2.05, 4.69) is 16.0 Å². The number of fused-ring (bicyclic) bond motifs is 1. The number of carbonyl (C=O) groups is 5. The minimum absolute atomic E-state index is 0.0477. The zero-order chi connectivity index (χ0) is 26.2. The minimum Gasteiger partial charge on any atom is -0.389 e. The quantitative estimate of drug-likeness (QED) is 0.387. The van der Waals surface area contributed by atoms with Gasteiger partial charge in [-0.2, -0.15) is 0 Å². The van der Waals surface area contributed by atoms with E-state index in [9.17, 15) is 29.1 Å². The fourth-order valence-corrected chi connectivity index (χ4v) is 6.78. The Hall–Kier alpha value is -3.27. The minimum atomic E-state index is -1.24. The Morgan fingerprint density at radius 3 is 2.57 bits per heavy atom. The number of hydrogen-bond donors (Lipinski definition) is 4. The maximum absolute atomic E-state index is 14.2. The third-order valence-corrected chi connectivity index (χ3v) is 8.68. The van der Waals surface area contributed by atoms with Crippen molar-refractivity contribution in [1.29, 1.82) is 0 Å². The molecule has 3 aliphatic heterocycles. The van der Waals surface area contributed by atoms with E-state index < -0.39 is 41.8 Å². The van der Waals surface area contributed by atoms with Gasteiger partial charge in [-0.3, -0.25) is 24.0 Å². The molecule has 37 heavy (non-hydrogen) atoms. The highest BCUT2D eigenvalue weighted by Crippen LogP contribution is 2.45. The van der Waals surface area contributed by atoms with Gasteiger partial charge in [0.1, 0.15) is 18.2 Å². The highest BCUT2D eigenvalue weighted by molar-refractivity contribution is 5.99. The fraction of sp³-hybridized carbons (Fsp3) is 0.593. The predicted octanol–water partition coefficient (Wildman–Crippen LogP) is -0.00860. The summed E-state index contributed by atoms with van der Waals surface area (Å²) in [5, 5.41) is 18.0. The van der Waals surface area contributed by atoms with Crippen LogP contribution in [0.2, 0.25) is 0 Å². The fourth-order valence-electron chi connectivity index (χ4n) is 6.78. The van der Waals surface area contributed by atoms with Gasteiger partial charge in [-0.25, -0.2) is 0 Å². The molecular formula is C27H34N4O6. The van der Waals surface area contributed by atoms with Crippen LogP contribution in [0.5, 0.6) is 0 Å². The second-order valence-electron chi connectivity index (χ2n) is 10.8. The lowest BCUT2D eigenvalue weighted by molar-refractivity contribution is -0.146. The molecule has 10 nitrogen and oxygen atoms in total. The van der Waals surface area contributed by atoms with Gasteiger partial charge in [-0.05, 0) is 49.5 Å². The summed E-state index contributed by atoms with van der Waals surface area (Å²) in [5.41, 5.74) is -0.555. The van der Waals surface area contributed by atoms with Crippen LogP contribution in [-0.2, 0) is 29.5 Å². The first-order valence-corrected chi connectivity index (χ1v) is 13.2. The molecule has 198 valence electrons. The molecule has 0 unspecified atom stereocenters. The van der Waals surface area contributed by atoms with Gasteiger partial charge in [-0.1, -0.05) is 36.8 Å². The van der Waals surface area contributed by atoms with Gasteiger partial charge in [0.2, 0.25) is 17.7 Å². The summed E-state index contributed by atoms with van der Waals surface area (Å²) < 4.78 is 0. The lowest BCUT2D eigenvalue weighted by Gasteiger charge is -2.36. The Morgan fingerprint density at radius 1 is 1.14 bits per heavy atom. The second-order valence-corrected chi connectivity index (χ2v) is 10.8. The number of nitrogens with one attached hydrogen (secondary N) is 3. The van der Waals surface area contributed by atoms with E-state index in [1.165, 1.54) is 0 Å². The normalized spacial score (nSPS) is 31.5. The molecule has 5 rings (SSSR count). The highest BCUT2D eigenvalue weighted by Gasteiger charge is 2.56. The van der Waals surface area contributed by atoms with Gasteiger partial charge in [-0.15, -0.1) is 0 Å². The van der Waals surface area contributed by atoms with Crippen LogP contribution in [-0.4, -0.2) is 71.2 Å². The van der Waals surface area contributed by atoms with Gasteiger partial charge in [0.15, 0.2) is 5.78 Å². The Kier molecular flexibility index (Phi) is 7.02. The van der Waals surface area contributed by atoms with Crippen molar-refractivity contribution in [3.63, 3.8) is 0 Å². The van der Waals surface area contributed by atoms with Crippen LogP contribution in [0.3, 0.4) is 0 Å². The van der Waals surface area contributed by atoms with Crippen molar-refractivity contribution in [1.82, 2.24) is 20.9 Å². The van der Waals surface area contributed by atoms with Crippen molar-refractivity contribution in [3.8, 4) is 0 Å². The Bertz CT molecular complexity index is 1090. The Balaban J connectivity index is 1.42. The molecule has 0 bridgehead atoms. The molecule has 3 saturated heterocycles. The van der Waals surface area contributed by atoms with Gasteiger partial charge >= 0.3 is 0 Å². The van der Waals surface area contributed by atoms with Crippen molar-refractivity contribution in [2.45, 2.75) is 62.6 Å². The van der Waals surface area contributed by atoms with Crippen LogP contribution < -0.4 is 16.0 Å². The zero-order valence-electron chi connectivity index (χ0n) is 20.8. The molecule has 3 heterocycles. The summed E-state index contributed by atoms with van der Waals surface area (Å²) >= 11 is 0. The maximum atomic E-state index is 14.2. The first kappa shape index (κ1) is 25.4. The average Bonchev–Trinajstić information content (AvgIpc) is 3.68. The van der Waals surface area contributed by atoms with Crippen LogP contribution in [0.1, 0.15) is 50.5 Å². The van der Waals surface area contributed by atoms with Crippen LogP contribution in [0.15, 0.2) is 30.3 Å². The molecule has 0 aromatic heterocycles. The van der Waals surface area contributed by atoms with Gasteiger partial charge in [0.05, 0.1) is 6.04 Å². The number of carbonyl (C=O) groups excluding carboxylic acids is 5. The molecule has 4 aliphatic rings. The number of nitrogens with zero attached hydrogens (tertiary/aromatic N) is 1. The summed E-state index contributed by atoms with van der Waals surface area (Å²) in [5.74, 6) is -1.99. The number of ketones is 1. The van der Waals surface area contributed by atoms with Crippen molar-refractivity contribution < 1.29 is 29.1 Å². The van der Waals surface area contributed by atoms with Crippen LogP contribution in [0.25, 0.3) is 0 Å². The van der Waals surface area contributed by atoms with Crippen molar-refractivity contribution in [2.24, 2.45) is 17.8 Å². The summed E-state index contributed by atoms with van der Waals surface area (Å²) in [6.07, 6.45) is 3.84. The lowest BCUT2D eigenvalue weighted by atomic mass is 9.86. The third-order valence-electron chi connectivity index (χ3n) is 8.68. The summed E-state index contributed by atoms with van der Waals surface area (Å²) in [4.78, 5) is 66.6. The van der Waals surface area contributed by atoms with E-state index >= 15 is 0 Å². The number of aliphatic hydroxyl groups is 1. The molecule has 1 aliphatic carbocycles. The molecule has 1 aromatic rings. The molecule has 1 saturated carbocycles. The van der Waals surface area contributed by atoms with Crippen molar-refractivity contribution >= 4 is 29.4 Å². The Morgan fingerprint density at radius 2 is 1.92 bits per heavy atom. The van der Waals surface area contributed by atoms with Gasteiger partial charge < -0.3 is 26.0 Å². The van der Waals surface area contributed by atoms with Crippen LogP contribution >= 0.6 is 0 Å². The predicted molar refractivity (Wildman–Crippen MR) is 132 cm³/mol. The molecular weight excluding hydrogens is 476 g/mol. The summed E-state index contributed by atoms with van der Waals surface area (Å²) in [6.45, 7) is 0.177. The number of hydrogen-bond acceptors (Lipinski definition) is 6. The second kappa shape index (κ2) is 10.2. The SMILES string of the molecule is O=C1CC[C@](C(=O)N2C[C@@H]3CCC[C@@H]3[C@@H]2C(=O)N[C@H](C[C@@H]2CCNC2=O)C(=O)CO)(c2ccccc2)N1. The number of Topliss-reactive ketones (excluding diaryl/α,β-unsaturated/α-hetero) is 1. The zero-order valence-corrected chi connectivity index (χ0v) is 20.8. The van der Waals surface area contributed by atoms with E-state index in [4.69, 9.17) is 0 Å². The third kappa shape index (κ3) is 4.63. The molecule has 0 radical (unpaired) electrons. The largest absolute Gasteiger partial charge is 0.389 e. The van der Waals surface area contributed by atoms with Crippen molar-refractivity contribution in [2.75, 3.05) is 19.7 Å². The molecule has 4 fully saturated rings. The first-order valence-electron chi connectivity index (χ1n) is 13.2. The molecule has 1 aromatic carbocycles. The molecule has 6 atom stereocenters.